The molecule has 7 heteroatoms. The largest absolute Gasteiger partial charge is 0.477 e. The summed E-state index contributed by atoms with van der Waals surface area (Å²) in [5.74, 6) is 0.00987. The zero-order valence-electron chi connectivity index (χ0n) is 15.6. The summed E-state index contributed by atoms with van der Waals surface area (Å²) in [5, 5.41) is 14.5. The number of hydrogen-bond acceptors (Lipinski definition) is 4. The molecular weight excluding hydrogens is 366 g/mol. The van der Waals surface area contributed by atoms with E-state index in [0.29, 0.717) is 16.7 Å². The fraction of sp³-hybridized carbons (Fsp3) is 0.300. The standard InChI is InChI=1S/C20H24ClN3O3/c1-13(2)15-6-10-17(11-7-15)27-20(3,18(25)23-19(22)24-26)12-14-4-8-16(21)9-5-14/h4-11,13,26H,12H2,1-3H3,(H3,22,23,24,25). The van der Waals surface area contributed by atoms with Crippen molar-refractivity contribution in [3.05, 3.63) is 64.7 Å². The van der Waals surface area contributed by atoms with Gasteiger partial charge in [-0.05, 0) is 48.2 Å². The molecule has 1 atom stereocenters. The number of amides is 1. The molecule has 0 saturated carbocycles. The summed E-state index contributed by atoms with van der Waals surface area (Å²) in [5.41, 5.74) is 6.16. The number of oxime groups is 1. The predicted octanol–water partition coefficient (Wildman–Crippen LogP) is 3.66. The number of guanidine groups is 1. The molecule has 6 nitrogen and oxygen atoms in total. The van der Waals surface area contributed by atoms with Crippen LogP contribution in [-0.4, -0.2) is 22.7 Å². The van der Waals surface area contributed by atoms with Gasteiger partial charge in [0, 0.05) is 11.4 Å². The van der Waals surface area contributed by atoms with Gasteiger partial charge in [0.15, 0.2) is 5.60 Å². The van der Waals surface area contributed by atoms with Gasteiger partial charge >= 0.3 is 0 Å². The molecular formula is C20H24ClN3O3. The van der Waals surface area contributed by atoms with Gasteiger partial charge in [0.1, 0.15) is 5.75 Å². The van der Waals surface area contributed by atoms with Crippen molar-refractivity contribution in [2.45, 2.75) is 38.7 Å². The Morgan fingerprint density at radius 3 is 2.33 bits per heavy atom. The molecule has 0 bridgehead atoms. The maximum atomic E-state index is 12.8. The minimum atomic E-state index is -1.29. The van der Waals surface area contributed by atoms with Crippen LogP contribution in [0.1, 0.15) is 37.8 Å². The van der Waals surface area contributed by atoms with E-state index in [1.165, 1.54) is 5.56 Å². The van der Waals surface area contributed by atoms with Gasteiger partial charge in [-0.3, -0.25) is 10.1 Å². The first-order valence-corrected chi connectivity index (χ1v) is 8.93. The van der Waals surface area contributed by atoms with E-state index in [1.54, 1.807) is 19.1 Å². The van der Waals surface area contributed by atoms with Crippen molar-refractivity contribution in [1.29, 1.82) is 0 Å². The zero-order valence-corrected chi connectivity index (χ0v) is 16.3. The molecule has 27 heavy (non-hydrogen) atoms. The second-order valence-corrected chi connectivity index (χ2v) is 7.24. The highest BCUT2D eigenvalue weighted by Crippen LogP contribution is 2.25. The SMILES string of the molecule is CC(C)c1ccc(OC(C)(Cc2ccc(Cl)cc2)C(=O)N/C(N)=N/O)cc1. The van der Waals surface area contributed by atoms with Gasteiger partial charge in [0.05, 0.1) is 0 Å². The minimum Gasteiger partial charge on any atom is -0.477 e. The summed E-state index contributed by atoms with van der Waals surface area (Å²) in [6.07, 6.45) is 0.265. The number of carbonyl (C=O) groups excluding carboxylic acids is 1. The van der Waals surface area contributed by atoms with Gasteiger partial charge in [-0.1, -0.05) is 54.9 Å². The highest BCUT2D eigenvalue weighted by Gasteiger charge is 2.36. The van der Waals surface area contributed by atoms with Crippen molar-refractivity contribution >= 4 is 23.5 Å². The quantitative estimate of drug-likeness (QED) is 0.304. The van der Waals surface area contributed by atoms with E-state index in [1.807, 2.05) is 36.4 Å². The third-order valence-electron chi connectivity index (χ3n) is 4.17. The topological polar surface area (TPSA) is 96.9 Å². The van der Waals surface area contributed by atoms with Crippen LogP contribution in [0.3, 0.4) is 0 Å². The highest BCUT2D eigenvalue weighted by molar-refractivity contribution is 6.30. The van der Waals surface area contributed by atoms with E-state index < -0.39 is 17.5 Å². The lowest BCUT2D eigenvalue weighted by Gasteiger charge is -2.29. The second kappa shape index (κ2) is 8.77. The molecule has 1 amide bonds. The molecule has 4 N–H and O–H groups in total. The monoisotopic (exact) mass is 389 g/mol. The zero-order chi connectivity index (χ0) is 20.0. The Morgan fingerprint density at radius 2 is 1.81 bits per heavy atom. The first-order chi connectivity index (χ1) is 12.7. The number of nitrogens with zero attached hydrogens (tertiary/aromatic N) is 1. The molecule has 2 aromatic rings. The van der Waals surface area contributed by atoms with Crippen LogP contribution in [0.4, 0.5) is 0 Å². The van der Waals surface area contributed by atoms with E-state index in [2.05, 4.69) is 24.3 Å². The van der Waals surface area contributed by atoms with Gasteiger partial charge < -0.3 is 15.7 Å². The highest BCUT2D eigenvalue weighted by atomic mass is 35.5. The Bertz CT molecular complexity index is 804. The molecule has 1 unspecified atom stereocenters. The van der Waals surface area contributed by atoms with E-state index in [0.717, 1.165) is 5.56 Å². The number of rotatable bonds is 6. The molecule has 144 valence electrons. The summed E-state index contributed by atoms with van der Waals surface area (Å²) in [4.78, 5) is 12.8. The van der Waals surface area contributed by atoms with Gasteiger partial charge in [0.2, 0.25) is 5.96 Å². The predicted molar refractivity (Wildman–Crippen MR) is 106 cm³/mol. The third-order valence-corrected chi connectivity index (χ3v) is 4.43. The van der Waals surface area contributed by atoms with Crippen LogP contribution in [0.25, 0.3) is 0 Å². The molecule has 0 aliphatic heterocycles. The number of ether oxygens (including phenoxy) is 1. The number of hydrogen-bond donors (Lipinski definition) is 3. The molecule has 0 aliphatic carbocycles. The minimum absolute atomic E-state index is 0.265. The molecule has 0 spiro atoms. The van der Waals surface area contributed by atoms with Crippen LogP contribution < -0.4 is 15.8 Å². The summed E-state index contributed by atoms with van der Waals surface area (Å²) < 4.78 is 6.04. The maximum absolute atomic E-state index is 12.8. The first kappa shape index (κ1) is 20.6. The van der Waals surface area contributed by atoms with Crippen molar-refractivity contribution in [3.8, 4) is 5.75 Å². The number of benzene rings is 2. The lowest BCUT2D eigenvalue weighted by Crippen LogP contribution is -2.53. The Kier molecular flexibility index (Phi) is 6.69. The van der Waals surface area contributed by atoms with Crippen LogP contribution in [0.2, 0.25) is 5.02 Å². The Morgan fingerprint density at radius 1 is 1.22 bits per heavy atom. The van der Waals surface area contributed by atoms with Crippen LogP contribution in [-0.2, 0) is 11.2 Å². The first-order valence-electron chi connectivity index (χ1n) is 8.56. The van der Waals surface area contributed by atoms with Gasteiger partial charge in [0.25, 0.3) is 5.91 Å². The van der Waals surface area contributed by atoms with E-state index >= 15 is 0 Å². The maximum Gasteiger partial charge on any atom is 0.270 e. The summed E-state index contributed by atoms with van der Waals surface area (Å²) >= 11 is 5.93. The van der Waals surface area contributed by atoms with Gasteiger partial charge in [-0.25, -0.2) is 0 Å². The van der Waals surface area contributed by atoms with Crippen molar-refractivity contribution in [2.75, 3.05) is 0 Å². The summed E-state index contributed by atoms with van der Waals surface area (Å²) in [6.45, 7) is 5.86. The lowest BCUT2D eigenvalue weighted by atomic mass is 9.95. The summed E-state index contributed by atoms with van der Waals surface area (Å²) in [7, 11) is 0. The molecule has 2 aromatic carbocycles. The van der Waals surface area contributed by atoms with E-state index in [9.17, 15) is 4.79 Å². The molecule has 0 aromatic heterocycles. The van der Waals surface area contributed by atoms with Crippen molar-refractivity contribution in [3.63, 3.8) is 0 Å². The number of carbonyl (C=O) groups is 1. The van der Waals surface area contributed by atoms with E-state index in [4.69, 9.17) is 27.3 Å². The number of nitrogens with one attached hydrogen (secondary N) is 1. The van der Waals surface area contributed by atoms with Gasteiger partial charge in [-0.15, -0.1) is 0 Å². The number of halogens is 1. The molecule has 0 heterocycles. The van der Waals surface area contributed by atoms with Crippen molar-refractivity contribution in [2.24, 2.45) is 10.9 Å². The normalized spacial score (nSPS) is 13.9. The fourth-order valence-electron chi connectivity index (χ4n) is 2.61. The number of nitrogens with two attached hydrogens (primary N) is 1. The second-order valence-electron chi connectivity index (χ2n) is 6.80. The van der Waals surface area contributed by atoms with Crippen molar-refractivity contribution in [1.82, 2.24) is 5.32 Å². The van der Waals surface area contributed by atoms with Crippen LogP contribution in [0, 0.1) is 0 Å². The smallest absolute Gasteiger partial charge is 0.270 e. The van der Waals surface area contributed by atoms with E-state index in [-0.39, 0.29) is 6.42 Å². The average molecular weight is 390 g/mol. The molecule has 0 radical (unpaired) electrons. The van der Waals surface area contributed by atoms with Crippen LogP contribution in [0.5, 0.6) is 5.75 Å². The molecule has 0 aliphatic rings. The lowest BCUT2D eigenvalue weighted by molar-refractivity contribution is -0.134. The third kappa shape index (κ3) is 5.62. The van der Waals surface area contributed by atoms with Crippen molar-refractivity contribution < 1.29 is 14.7 Å². The Hall–Kier alpha value is -2.73. The van der Waals surface area contributed by atoms with Gasteiger partial charge in [-0.2, -0.15) is 0 Å². The van der Waals surface area contributed by atoms with Crippen LogP contribution >= 0.6 is 11.6 Å². The summed E-state index contributed by atoms with van der Waals surface area (Å²) in [6, 6.07) is 14.7. The van der Waals surface area contributed by atoms with Crippen LogP contribution in [0.15, 0.2) is 53.7 Å². The fourth-order valence-corrected chi connectivity index (χ4v) is 2.73. The Balaban J connectivity index is 2.29. The molecule has 0 fully saturated rings. The Labute approximate surface area is 164 Å². The average Bonchev–Trinajstić information content (AvgIpc) is 2.63. The molecule has 2 rings (SSSR count). The molecule has 0 saturated heterocycles.